The van der Waals surface area contributed by atoms with Gasteiger partial charge in [-0.3, -0.25) is 14.7 Å². The van der Waals surface area contributed by atoms with Gasteiger partial charge in [-0.1, -0.05) is 25.7 Å². The number of fused-ring (bicyclic) bond motifs is 1. The normalized spacial score (nSPS) is 25.6. The van der Waals surface area contributed by atoms with Crippen molar-refractivity contribution in [1.82, 2.24) is 20.0 Å². The van der Waals surface area contributed by atoms with Gasteiger partial charge in [-0.25, -0.2) is 0 Å². The SMILES string of the molecule is O=C([C@H]1CCC(=O)N(C2CCCCCC2)C1)N1CCc2[nH]ncc2C1. The number of carbonyl (C=O) groups is 2. The first-order valence-corrected chi connectivity index (χ1v) is 9.82. The number of amides is 2. The van der Waals surface area contributed by atoms with Gasteiger partial charge in [-0.15, -0.1) is 0 Å². The molecule has 2 aliphatic heterocycles. The van der Waals surface area contributed by atoms with E-state index < -0.39 is 0 Å². The van der Waals surface area contributed by atoms with Crippen LogP contribution >= 0.6 is 0 Å². The second-order valence-corrected chi connectivity index (χ2v) is 7.81. The fraction of sp³-hybridized carbons (Fsp3) is 0.737. The lowest BCUT2D eigenvalue weighted by Gasteiger charge is -2.39. The average Bonchev–Trinajstić information content (AvgIpc) is 2.94. The monoisotopic (exact) mass is 344 g/mol. The molecule has 0 spiro atoms. The third kappa shape index (κ3) is 3.44. The number of carbonyl (C=O) groups excluding carboxylic acids is 2. The molecule has 0 bridgehead atoms. The Morgan fingerprint density at radius 2 is 1.92 bits per heavy atom. The first-order valence-electron chi connectivity index (χ1n) is 9.82. The summed E-state index contributed by atoms with van der Waals surface area (Å²) in [4.78, 5) is 29.5. The fourth-order valence-electron chi connectivity index (χ4n) is 4.66. The van der Waals surface area contributed by atoms with Crippen molar-refractivity contribution in [1.29, 1.82) is 0 Å². The lowest BCUT2D eigenvalue weighted by molar-refractivity contribution is -0.145. The third-order valence-electron chi connectivity index (χ3n) is 6.17. The van der Waals surface area contributed by atoms with Crippen molar-refractivity contribution in [3.05, 3.63) is 17.5 Å². The molecule has 2 fully saturated rings. The molecule has 1 aliphatic carbocycles. The van der Waals surface area contributed by atoms with Crippen molar-refractivity contribution >= 4 is 11.8 Å². The molecule has 1 aromatic rings. The van der Waals surface area contributed by atoms with Crippen molar-refractivity contribution in [2.75, 3.05) is 13.1 Å². The summed E-state index contributed by atoms with van der Waals surface area (Å²) in [6.45, 7) is 2.03. The van der Waals surface area contributed by atoms with Crippen molar-refractivity contribution in [2.24, 2.45) is 5.92 Å². The van der Waals surface area contributed by atoms with E-state index in [1.165, 1.54) is 25.7 Å². The van der Waals surface area contributed by atoms with Gasteiger partial charge < -0.3 is 9.80 Å². The Hall–Kier alpha value is -1.85. The number of piperidine rings is 1. The predicted octanol–water partition coefficient (Wildman–Crippen LogP) is 2.26. The topological polar surface area (TPSA) is 69.3 Å². The van der Waals surface area contributed by atoms with E-state index in [-0.39, 0.29) is 17.7 Å². The van der Waals surface area contributed by atoms with E-state index in [4.69, 9.17) is 0 Å². The lowest BCUT2D eigenvalue weighted by atomic mass is 9.92. The summed E-state index contributed by atoms with van der Waals surface area (Å²) in [5, 5.41) is 7.10. The maximum absolute atomic E-state index is 13.0. The lowest BCUT2D eigenvalue weighted by Crippen LogP contribution is -2.51. The van der Waals surface area contributed by atoms with E-state index >= 15 is 0 Å². The summed E-state index contributed by atoms with van der Waals surface area (Å²) in [6.07, 6.45) is 11.1. The van der Waals surface area contributed by atoms with Gasteiger partial charge in [0, 0.05) is 49.8 Å². The minimum atomic E-state index is -0.0330. The number of hydrogen-bond donors (Lipinski definition) is 1. The Balaban J connectivity index is 1.42. The molecular weight excluding hydrogens is 316 g/mol. The molecule has 6 nitrogen and oxygen atoms in total. The van der Waals surface area contributed by atoms with Gasteiger partial charge in [0.25, 0.3) is 0 Å². The number of nitrogens with zero attached hydrogens (tertiary/aromatic N) is 3. The van der Waals surface area contributed by atoms with Crippen molar-refractivity contribution in [3.63, 3.8) is 0 Å². The molecule has 3 heterocycles. The van der Waals surface area contributed by atoms with Crippen LogP contribution in [0.15, 0.2) is 6.20 Å². The molecule has 136 valence electrons. The molecular formula is C19H28N4O2. The number of hydrogen-bond acceptors (Lipinski definition) is 3. The molecule has 25 heavy (non-hydrogen) atoms. The summed E-state index contributed by atoms with van der Waals surface area (Å²) in [5.41, 5.74) is 2.29. The maximum Gasteiger partial charge on any atom is 0.227 e. The molecule has 1 aromatic heterocycles. The summed E-state index contributed by atoms with van der Waals surface area (Å²) in [5.74, 6) is 0.444. The van der Waals surface area contributed by atoms with Crippen LogP contribution < -0.4 is 0 Å². The summed E-state index contributed by atoms with van der Waals surface area (Å²) in [7, 11) is 0. The van der Waals surface area contributed by atoms with E-state index in [9.17, 15) is 9.59 Å². The molecule has 1 saturated heterocycles. The van der Waals surface area contributed by atoms with Crippen LogP contribution in [0.4, 0.5) is 0 Å². The van der Waals surface area contributed by atoms with Crippen LogP contribution in [0.5, 0.6) is 0 Å². The summed E-state index contributed by atoms with van der Waals surface area (Å²) >= 11 is 0. The quantitative estimate of drug-likeness (QED) is 0.837. The van der Waals surface area contributed by atoms with Gasteiger partial charge in [-0.2, -0.15) is 5.10 Å². The van der Waals surface area contributed by atoms with Crippen LogP contribution in [0.25, 0.3) is 0 Å². The highest BCUT2D eigenvalue weighted by atomic mass is 16.2. The third-order valence-corrected chi connectivity index (χ3v) is 6.17. The van der Waals surface area contributed by atoms with Gasteiger partial charge in [0.05, 0.1) is 12.1 Å². The zero-order chi connectivity index (χ0) is 17.2. The van der Waals surface area contributed by atoms with Crippen LogP contribution in [-0.4, -0.2) is 50.9 Å². The minimum Gasteiger partial charge on any atom is -0.339 e. The van der Waals surface area contributed by atoms with Crippen LogP contribution in [0.1, 0.15) is 62.6 Å². The summed E-state index contributed by atoms with van der Waals surface area (Å²) < 4.78 is 0. The van der Waals surface area contributed by atoms with Gasteiger partial charge >= 0.3 is 0 Å². The zero-order valence-corrected chi connectivity index (χ0v) is 14.9. The molecule has 1 N–H and O–H groups in total. The van der Waals surface area contributed by atoms with Gasteiger partial charge in [0.2, 0.25) is 11.8 Å². The average molecular weight is 344 g/mol. The minimum absolute atomic E-state index is 0.0330. The van der Waals surface area contributed by atoms with Crippen LogP contribution in [0, 0.1) is 5.92 Å². The molecule has 0 radical (unpaired) electrons. The van der Waals surface area contributed by atoms with Crippen molar-refractivity contribution in [3.8, 4) is 0 Å². The second-order valence-electron chi connectivity index (χ2n) is 7.81. The van der Waals surface area contributed by atoms with Gasteiger partial charge in [0.1, 0.15) is 0 Å². The first-order chi connectivity index (χ1) is 12.2. The van der Waals surface area contributed by atoms with E-state index in [0.29, 0.717) is 32.0 Å². The molecule has 1 atom stereocenters. The highest BCUT2D eigenvalue weighted by Gasteiger charge is 2.36. The number of likely N-dealkylation sites (tertiary alicyclic amines) is 1. The van der Waals surface area contributed by atoms with E-state index in [2.05, 4.69) is 10.2 Å². The zero-order valence-electron chi connectivity index (χ0n) is 14.9. The Morgan fingerprint density at radius 1 is 1.12 bits per heavy atom. The smallest absolute Gasteiger partial charge is 0.227 e. The Morgan fingerprint density at radius 3 is 2.72 bits per heavy atom. The highest BCUT2D eigenvalue weighted by molar-refractivity contribution is 5.84. The van der Waals surface area contributed by atoms with Crippen LogP contribution in [-0.2, 0) is 22.6 Å². The van der Waals surface area contributed by atoms with Crippen molar-refractivity contribution < 1.29 is 9.59 Å². The molecule has 0 aromatic carbocycles. The van der Waals surface area contributed by atoms with E-state index in [0.717, 1.165) is 37.1 Å². The molecule has 6 heteroatoms. The van der Waals surface area contributed by atoms with Gasteiger partial charge in [0.15, 0.2) is 0 Å². The maximum atomic E-state index is 13.0. The first kappa shape index (κ1) is 16.6. The Labute approximate surface area is 148 Å². The predicted molar refractivity (Wildman–Crippen MR) is 93.6 cm³/mol. The number of H-pyrrole nitrogens is 1. The van der Waals surface area contributed by atoms with Crippen LogP contribution in [0.3, 0.4) is 0 Å². The fourth-order valence-corrected chi connectivity index (χ4v) is 4.66. The Bertz CT molecular complexity index is 633. The van der Waals surface area contributed by atoms with E-state index in [1.807, 2.05) is 16.0 Å². The second kappa shape index (κ2) is 7.18. The number of aromatic amines is 1. The molecule has 1 saturated carbocycles. The number of rotatable bonds is 2. The molecule has 0 unspecified atom stereocenters. The number of nitrogens with one attached hydrogen (secondary N) is 1. The largest absolute Gasteiger partial charge is 0.339 e. The van der Waals surface area contributed by atoms with Crippen LogP contribution in [0.2, 0.25) is 0 Å². The van der Waals surface area contributed by atoms with Crippen molar-refractivity contribution in [2.45, 2.75) is 70.4 Å². The highest BCUT2D eigenvalue weighted by Crippen LogP contribution is 2.29. The molecule has 3 aliphatic rings. The van der Waals surface area contributed by atoms with E-state index in [1.54, 1.807) is 0 Å². The molecule has 2 amide bonds. The van der Waals surface area contributed by atoms with Gasteiger partial charge in [-0.05, 0) is 19.3 Å². The molecule has 4 rings (SSSR count). The Kier molecular flexibility index (Phi) is 4.77. The number of aromatic nitrogens is 2. The summed E-state index contributed by atoms with van der Waals surface area (Å²) in [6, 6.07) is 0.354. The standard InChI is InChI=1S/C19H28N4O2/c24-18-8-7-14(13-23(18)16-5-3-1-2-4-6-16)19(25)22-10-9-17-15(12-22)11-20-21-17/h11,14,16H,1-10,12-13H2,(H,20,21)/t14-/m0/s1.